The molecule has 228 valence electrons. The Kier molecular flexibility index (Phi) is 10.3. The van der Waals surface area contributed by atoms with E-state index in [1.807, 2.05) is 36.6 Å². The minimum absolute atomic E-state index is 0.0164. The SMILES string of the molecule is C#CCN1C(=O)COc2cc(F)c(/N=c3\snc4n3CC(C)(C)C4)cc21.COCCN(C(=O)CCl)c1c(C)cccc1C. The highest BCUT2D eigenvalue weighted by Gasteiger charge is 2.31. The van der Waals surface area contributed by atoms with Gasteiger partial charge in [-0.25, -0.2) is 9.38 Å². The van der Waals surface area contributed by atoms with Crippen LogP contribution in [0.3, 0.4) is 0 Å². The number of ether oxygens (including phenoxy) is 2. The van der Waals surface area contributed by atoms with E-state index in [4.69, 9.17) is 27.5 Å². The molecule has 0 N–H and O–H groups in total. The quantitative estimate of drug-likeness (QED) is 0.278. The molecule has 0 saturated heterocycles. The second kappa shape index (κ2) is 13.7. The first-order valence-electron chi connectivity index (χ1n) is 13.7. The van der Waals surface area contributed by atoms with Gasteiger partial charge >= 0.3 is 0 Å². The molecule has 12 heteroatoms. The van der Waals surface area contributed by atoms with Gasteiger partial charge in [0.2, 0.25) is 10.7 Å². The van der Waals surface area contributed by atoms with Gasteiger partial charge in [-0.1, -0.05) is 38.0 Å². The summed E-state index contributed by atoms with van der Waals surface area (Å²) in [7, 11) is 1.62. The molecule has 2 amide bonds. The van der Waals surface area contributed by atoms with Crippen LogP contribution >= 0.6 is 23.1 Å². The Balaban J connectivity index is 0.000000217. The summed E-state index contributed by atoms with van der Waals surface area (Å²) in [4.78, 5) is 32.1. The molecule has 5 rings (SSSR count). The Bertz CT molecular complexity index is 1610. The summed E-state index contributed by atoms with van der Waals surface area (Å²) in [5.41, 5.74) is 3.76. The second-order valence-electron chi connectivity index (χ2n) is 11.1. The molecule has 2 aliphatic heterocycles. The predicted octanol–water partition coefficient (Wildman–Crippen LogP) is 4.78. The monoisotopic (exact) mass is 627 g/mol. The summed E-state index contributed by atoms with van der Waals surface area (Å²) >= 11 is 6.89. The van der Waals surface area contributed by atoms with Crippen LogP contribution in [-0.4, -0.2) is 60.0 Å². The van der Waals surface area contributed by atoms with Crippen LogP contribution in [-0.2, 0) is 27.3 Å². The lowest BCUT2D eigenvalue weighted by Crippen LogP contribution is -2.39. The number of aryl methyl sites for hydroxylation is 2. The smallest absolute Gasteiger partial charge is 0.265 e. The van der Waals surface area contributed by atoms with E-state index in [-0.39, 0.29) is 41.9 Å². The van der Waals surface area contributed by atoms with Crippen LogP contribution in [0.1, 0.15) is 30.8 Å². The number of methoxy groups -OCH3 is 1. The van der Waals surface area contributed by atoms with Gasteiger partial charge in [0, 0.05) is 49.9 Å². The summed E-state index contributed by atoms with van der Waals surface area (Å²) in [5.74, 6) is 2.81. The molecule has 43 heavy (non-hydrogen) atoms. The van der Waals surface area contributed by atoms with Gasteiger partial charge in [-0.15, -0.1) is 18.0 Å². The Morgan fingerprint density at radius 3 is 2.70 bits per heavy atom. The van der Waals surface area contributed by atoms with Crippen molar-refractivity contribution >= 4 is 52.0 Å². The Morgan fingerprint density at radius 2 is 2.05 bits per heavy atom. The largest absolute Gasteiger partial charge is 0.481 e. The van der Waals surface area contributed by atoms with E-state index in [1.165, 1.54) is 28.6 Å². The third kappa shape index (κ3) is 7.26. The fourth-order valence-electron chi connectivity index (χ4n) is 5.09. The van der Waals surface area contributed by atoms with E-state index in [9.17, 15) is 14.0 Å². The topological polar surface area (TPSA) is 89.3 Å². The van der Waals surface area contributed by atoms with E-state index in [0.29, 0.717) is 29.4 Å². The maximum absolute atomic E-state index is 14.5. The number of alkyl halides is 1. The Labute approximate surface area is 260 Å². The number of anilines is 2. The molecule has 0 atom stereocenters. The Hall–Kier alpha value is -3.72. The maximum atomic E-state index is 14.5. The van der Waals surface area contributed by atoms with Gasteiger partial charge in [0.15, 0.2) is 12.4 Å². The van der Waals surface area contributed by atoms with Gasteiger partial charge in [-0.2, -0.15) is 4.37 Å². The molecule has 0 bridgehead atoms. The molecule has 0 radical (unpaired) electrons. The first-order chi connectivity index (χ1) is 20.5. The average Bonchev–Trinajstić information content (AvgIpc) is 3.47. The van der Waals surface area contributed by atoms with Crippen molar-refractivity contribution in [2.24, 2.45) is 10.4 Å². The number of carbonyl (C=O) groups excluding carboxylic acids is 2. The molecule has 0 fully saturated rings. The molecule has 0 saturated carbocycles. The number of rotatable bonds is 7. The van der Waals surface area contributed by atoms with Crippen LogP contribution in [0.5, 0.6) is 5.75 Å². The lowest BCUT2D eigenvalue weighted by atomic mass is 9.92. The number of hydrogen-bond donors (Lipinski definition) is 0. The molecule has 1 aromatic heterocycles. The molecule has 2 aromatic carbocycles. The summed E-state index contributed by atoms with van der Waals surface area (Å²) in [5, 5.41) is 0. The number of aromatic nitrogens is 2. The zero-order valence-electron chi connectivity index (χ0n) is 24.9. The van der Waals surface area contributed by atoms with Crippen LogP contribution in [0, 0.1) is 37.4 Å². The fraction of sp³-hybridized carbons (Fsp3) is 0.419. The van der Waals surface area contributed by atoms with Crippen molar-refractivity contribution < 1.29 is 23.5 Å². The van der Waals surface area contributed by atoms with Crippen LogP contribution in [0.25, 0.3) is 0 Å². The Morgan fingerprint density at radius 1 is 1.33 bits per heavy atom. The van der Waals surface area contributed by atoms with Gasteiger partial charge in [0.25, 0.3) is 5.91 Å². The second-order valence-corrected chi connectivity index (χ2v) is 12.1. The number of benzene rings is 2. The number of halogens is 2. The van der Waals surface area contributed by atoms with E-state index in [2.05, 4.69) is 29.1 Å². The number of nitrogens with zero attached hydrogens (tertiary/aromatic N) is 5. The number of fused-ring (bicyclic) bond motifs is 2. The van der Waals surface area contributed by atoms with Crippen LogP contribution in [0.4, 0.5) is 21.5 Å². The first-order valence-corrected chi connectivity index (χ1v) is 15.0. The van der Waals surface area contributed by atoms with E-state index in [0.717, 1.165) is 35.6 Å². The third-order valence-electron chi connectivity index (χ3n) is 7.08. The molecule has 0 unspecified atom stereocenters. The molecule has 0 aliphatic carbocycles. The number of hydrogen-bond acceptors (Lipinski definition) is 7. The van der Waals surface area contributed by atoms with Crippen molar-refractivity contribution in [3.05, 3.63) is 57.9 Å². The normalized spacial score (nSPS) is 15.2. The van der Waals surface area contributed by atoms with E-state index >= 15 is 0 Å². The number of carbonyl (C=O) groups is 2. The zero-order chi connectivity index (χ0) is 31.3. The van der Waals surface area contributed by atoms with Crippen molar-refractivity contribution in [3.63, 3.8) is 0 Å². The fourth-order valence-corrected chi connectivity index (χ4v) is 6.00. The van der Waals surface area contributed by atoms with Gasteiger partial charge in [0.05, 0.1) is 18.8 Å². The lowest BCUT2D eigenvalue weighted by Gasteiger charge is -2.28. The van der Waals surface area contributed by atoms with Gasteiger partial charge in [0.1, 0.15) is 23.1 Å². The van der Waals surface area contributed by atoms with Crippen molar-refractivity contribution in [1.82, 2.24) is 8.94 Å². The number of para-hydroxylation sites is 1. The van der Waals surface area contributed by atoms with Crippen LogP contribution in [0.15, 0.2) is 35.3 Å². The predicted molar refractivity (Wildman–Crippen MR) is 167 cm³/mol. The molecule has 9 nitrogen and oxygen atoms in total. The molecule has 0 spiro atoms. The van der Waals surface area contributed by atoms with Crippen LogP contribution in [0.2, 0.25) is 0 Å². The molecule has 3 heterocycles. The van der Waals surface area contributed by atoms with Gasteiger partial charge in [-0.05, 0) is 36.5 Å². The highest BCUT2D eigenvalue weighted by atomic mass is 35.5. The van der Waals surface area contributed by atoms with E-state index < -0.39 is 5.82 Å². The summed E-state index contributed by atoms with van der Waals surface area (Å²) < 4.78 is 31.4. The molecular formula is C31H35ClFN5O4S. The highest BCUT2D eigenvalue weighted by Crippen LogP contribution is 2.37. The third-order valence-corrected chi connectivity index (χ3v) is 8.08. The van der Waals surface area contributed by atoms with Crippen molar-refractivity contribution in [2.45, 2.75) is 40.7 Å². The average molecular weight is 628 g/mol. The van der Waals surface area contributed by atoms with Crippen molar-refractivity contribution in [1.29, 1.82) is 0 Å². The zero-order valence-corrected chi connectivity index (χ0v) is 26.5. The molecular weight excluding hydrogens is 593 g/mol. The highest BCUT2D eigenvalue weighted by molar-refractivity contribution is 7.02. The summed E-state index contributed by atoms with van der Waals surface area (Å²) in [6, 6.07) is 8.72. The molecule has 2 aliphatic rings. The first kappa shape index (κ1) is 32.2. The number of amides is 2. The van der Waals surface area contributed by atoms with Gasteiger partial charge < -0.3 is 18.9 Å². The standard InChI is InChI=1S/C18H17FN4O2S.C13H18ClNO2/c1-4-5-22-13-7-12(11(19)6-14(13)25-9-16(22)24)20-17-23-10-18(2,3)8-15(23)21-26-17;1-10-5-4-6-11(2)13(10)15(7-8-17-3)12(16)9-14/h1,6-7H,5,8-10H2,2-3H3;4-6H,7-9H2,1-3H3/b20-17-;. The summed E-state index contributed by atoms with van der Waals surface area (Å²) in [6.07, 6.45) is 6.22. The lowest BCUT2D eigenvalue weighted by molar-refractivity contribution is -0.121. The summed E-state index contributed by atoms with van der Waals surface area (Å²) in [6.45, 7) is 10.1. The maximum Gasteiger partial charge on any atom is 0.265 e. The minimum atomic E-state index is -0.515. The molecule has 3 aromatic rings. The van der Waals surface area contributed by atoms with Crippen molar-refractivity contribution in [2.75, 3.05) is 49.1 Å². The van der Waals surface area contributed by atoms with Gasteiger partial charge in [-0.3, -0.25) is 14.5 Å². The number of terminal acetylenes is 1. The van der Waals surface area contributed by atoms with Crippen LogP contribution < -0.4 is 19.3 Å². The van der Waals surface area contributed by atoms with E-state index in [1.54, 1.807) is 12.0 Å². The van der Waals surface area contributed by atoms with Crippen molar-refractivity contribution in [3.8, 4) is 18.1 Å². The minimum Gasteiger partial charge on any atom is -0.481 e.